The van der Waals surface area contributed by atoms with Crippen LogP contribution in [-0.2, 0) is 6.42 Å². The molecule has 0 aliphatic carbocycles. The van der Waals surface area contributed by atoms with E-state index in [-0.39, 0.29) is 0 Å². The SMILES string of the molecule is CCCN(CCC)c1cc(NCCc2cccc(Cl)c2)nc(C)n1. The van der Waals surface area contributed by atoms with E-state index in [9.17, 15) is 0 Å². The first-order valence-electron chi connectivity index (χ1n) is 8.71. The summed E-state index contributed by atoms with van der Waals surface area (Å²) < 4.78 is 0. The predicted octanol–water partition coefficient (Wildman–Crippen LogP) is 4.72. The highest BCUT2D eigenvalue weighted by Crippen LogP contribution is 2.17. The molecule has 1 heterocycles. The third-order valence-electron chi connectivity index (χ3n) is 3.74. The Hall–Kier alpha value is -1.81. The van der Waals surface area contributed by atoms with Crippen molar-refractivity contribution < 1.29 is 0 Å². The molecule has 0 unspecified atom stereocenters. The number of rotatable bonds is 9. The molecule has 1 aromatic carbocycles. The van der Waals surface area contributed by atoms with Gasteiger partial charge in [-0.1, -0.05) is 37.6 Å². The molecular formula is C19H27ClN4. The normalized spacial score (nSPS) is 10.7. The fourth-order valence-electron chi connectivity index (χ4n) is 2.71. The zero-order valence-corrected chi connectivity index (χ0v) is 15.6. The number of hydrogen-bond donors (Lipinski definition) is 1. The molecule has 4 nitrogen and oxygen atoms in total. The third kappa shape index (κ3) is 5.68. The Bertz CT molecular complexity index is 639. The van der Waals surface area contributed by atoms with Gasteiger partial charge in [-0.3, -0.25) is 0 Å². The third-order valence-corrected chi connectivity index (χ3v) is 3.98. The molecule has 24 heavy (non-hydrogen) atoms. The highest BCUT2D eigenvalue weighted by Gasteiger charge is 2.09. The van der Waals surface area contributed by atoms with Crippen LogP contribution in [0.4, 0.5) is 11.6 Å². The molecule has 5 heteroatoms. The molecule has 0 radical (unpaired) electrons. The average Bonchev–Trinajstić information content (AvgIpc) is 2.54. The Morgan fingerprint density at radius 3 is 2.50 bits per heavy atom. The van der Waals surface area contributed by atoms with Gasteiger partial charge >= 0.3 is 0 Å². The predicted molar refractivity (Wildman–Crippen MR) is 103 cm³/mol. The fraction of sp³-hybridized carbons (Fsp3) is 0.474. The molecule has 0 atom stereocenters. The summed E-state index contributed by atoms with van der Waals surface area (Å²) in [6, 6.07) is 10.0. The summed E-state index contributed by atoms with van der Waals surface area (Å²) in [4.78, 5) is 11.4. The lowest BCUT2D eigenvalue weighted by molar-refractivity contribution is 0.730. The summed E-state index contributed by atoms with van der Waals surface area (Å²) in [6.45, 7) is 9.19. The minimum atomic E-state index is 0.780. The summed E-state index contributed by atoms with van der Waals surface area (Å²) >= 11 is 6.03. The van der Waals surface area contributed by atoms with E-state index in [0.29, 0.717) is 0 Å². The van der Waals surface area contributed by atoms with Crippen molar-refractivity contribution in [3.8, 4) is 0 Å². The van der Waals surface area contributed by atoms with E-state index in [1.807, 2.05) is 25.1 Å². The first kappa shape index (κ1) is 18.5. The highest BCUT2D eigenvalue weighted by molar-refractivity contribution is 6.30. The van der Waals surface area contributed by atoms with Gasteiger partial charge in [0.2, 0.25) is 0 Å². The van der Waals surface area contributed by atoms with Gasteiger partial charge in [-0.25, -0.2) is 9.97 Å². The largest absolute Gasteiger partial charge is 0.370 e. The summed E-state index contributed by atoms with van der Waals surface area (Å²) in [5.74, 6) is 2.70. The Balaban J connectivity index is 2.02. The van der Waals surface area contributed by atoms with Gasteiger partial charge in [-0.2, -0.15) is 0 Å². The van der Waals surface area contributed by atoms with Gasteiger partial charge < -0.3 is 10.2 Å². The van der Waals surface area contributed by atoms with Crippen molar-refractivity contribution in [2.24, 2.45) is 0 Å². The van der Waals surface area contributed by atoms with Crippen LogP contribution in [0.2, 0.25) is 5.02 Å². The van der Waals surface area contributed by atoms with Gasteiger partial charge in [-0.05, 0) is 43.9 Å². The molecule has 1 aromatic heterocycles. The average molecular weight is 347 g/mol. The molecule has 0 aliphatic heterocycles. The van der Waals surface area contributed by atoms with Crippen LogP contribution in [0.25, 0.3) is 0 Å². The maximum Gasteiger partial charge on any atom is 0.134 e. The molecule has 2 rings (SSSR count). The van der Waals surface area contributed by atoms with Crippen LogP contribution in [0.1, 0.15) is 38.1 Å². The Morgan fingerprint density at radius 2 is 1.83 bits per heavy atom. The molecule has 0 saturated carbocycles. The zero-order valence-electron chi connectivity index (χ0n) is 14.8. The molecule has 2 aromatic rings. The van der Waals surface area contributed by atoms with Gasteiger partial charge in [0.25, 0.3) is 0 Å². The van der Waals surface area contributed by atoms with Crippen molar-refractivity contribution in [3.05, 3.63) is 46.7 Å². The number of anilines is 2. The molecule has 130 valence electrons. The lowest BCUT2D eigenvalue weighted by Gasteiger charge is -2.23. The maximum absolute atomic E-state index is 6.03. The van der Waals surface area contributed by atoms with E-state index in [1.54, 1.807) is 0 Å². The highest BCUT2D eigenvalue weighted by atomic mass is 35.5. The van der Waals surface area contributed by atoms with E-state index in [1.165, 1.54) is 5.56 Å². The lowest BCUT2D eigenvalue weighted by Crippen LogP contribution is -2.26. The van der Waals surface area contributed by atoms with Crippen LogP contribution in [0, 0.1) is 6.92 Å². The van der Waals surface area contributed by atoms with Crippen molar-refractivity contribution in [3.63, 3.8) is 0 Å². The fourth-order valence-corrected chi connectivity index (χ4v) is 2.93. The molecule has 0 bridgehead atoms. The van der Waals surface area contributed by atoms with Crippen LogP contribution in [0.5, 0.6) is 0 Å². The second-order valence-corrected chi connectivity index (χ2v) is 6.39. The van der Waals surface area contributed by atoms with E-state index in [4.69, 9.17) is 11.6 Å². The van der Waals surface area contributed by atoms with Crippen molar-refractivity contribution in [2.75, 3.05) is 29.9 Å². The van der Waals surface area contributed by atoms with Gasteiger partial charge in [0.15, 0.2) is 0 Å². The van der Waals surface area contributed by atoms with Gasteiger partial charge in [0.1, 0.15) is 17.5 Å². The zero-order chi connectivity index (χ0) is 17.4. The van der Waals surface area contributed by atoms with Crippen molar-refractivity contribution in [2.45, 2.75) is 40.0 Å². The van der Waals surface area contributed by atoms with E-state index < -0.39 is 0 Å². The van der Waals surface area contributed by atoms with Gasteiger partial charge in [0, 0.05) is 30.7 Å². The molecule has 0 fully saturated rings. The Kier molecular flexibility index (Phi) is 7.32. The molecule has 0 aliphatic rings. The monoisotopic (exact) mass is 346 g/mol. The summed E-state index contributed by atoms with van der Waals surface area (Å²) in [6.07, 6.45) is 3.13. The van der Waals surface area contributed by atoms with Crippen LogP contribution in [0.15, 0.2) is 30.3 Å². The lowest BCUT2D eigenvalue weighted by atomic mass is 10.1. The van der Waals surface area contributed by atoms with Crippen molar-refractivity contribution in [1.29, 1.82) is 0 Å². The number of benzene rings is 1. The minimum Gasteiger partial charge on any atom is -0.370 e. The first-order valence-corrected chi connectivity index (χ1v) is 9.09. The minimum absolute atomic E-state index is 0.780. The quantitative estimate of drug-likeness (QED) is 0.713. The van der Waals surface area contributed by atoms with Crippen LogP contribution in [-0.4, -0.2) is 29.6 Å². The summed E-state index contributed by atoms with van der Waals surface area (Å²) in [5.41, 5.74) is 1.22. The molecule has 0 amide bonds. The molecule has 1 N–H and O–H groups in total. The maximum atomic E-state index is 6.03. The first-order chi connectivity index (χ1) is 11.6. The summed E-state index contributed by atoms with van der Waals surface area (Å²) in [5, 5.41) is 4.19. The topological polar surface area (TPSA) is 41.0 Å². The molecule has 0 spiro atoms. The van der Waals surface area contributed by atoms with Crippen LogP contribution in [0.3, 0.4) is 0 Å². The standard InChI is InChI=1S/C19H27ClN4/c1-4-11-24(12-5-2)19-14-18(22-15(3)23-19)21-10-9-16-7-6-8-17(20)13-16/h6-8,13-14H,4-5,9-12H2,1-3H3,(H,21,22,23). The number of aryl methyl sites for hydroxylation is 1. The molecule has 0 saturated heterocycles. The number of hydrogen-bond acceptors (Lipinski definition) is 4. The second kappa shape index (κ2) is 9.48. The number of halogens is 1. The Morgan fingerprint density at radius 1 is 1.08 bits per heavy atom. The van der Waals surface area contributed by atoms with E-state index >= 15 is 0 Å². The van der Waals surface area contributed by atoms with Crippen molar-refractivity contribution in [1.82, 2.24) is 9.97 Å². The van der Waals surface area contributed by atoms with Crippen LogP contribution >= 0.6 is 11.6 Å². The van der Waals surface area contributed by atoms with Crippen molar-refractivity contribution >= 4 is 23.2 Å². The number of nitrogens with one attached hydrogen (secondary N) is 1. The second-order valence-electron chi connectivity index (χ2n) is 5.95. The molecular weight excluding hydrogens is 320 g/mol. The van der Waals surface area contributed by atoms with Gasteiger partial charge in [0.05, 0.1) is 0 Å². The van der Waals surface area contributed by atoms with E-state index in [0.717, 1.165) is 61.4 Å². The smallest absolute Gasteiger partial charge is 0.134 e. The Labute approximate surface area is 150 Å². The van der Waals surface area contributed by atoms with E-state index in [2.05, 4.69) is 46.2 Å². The summed E-state index contributed by atoms with van der Waals surface area (Å²) in [7, 11) is 0. The van der Waals surface area contributed by atoms with Gasteiger partial charge in [-0.15, -0.1) is 0 Å². The van der Waals surface area contributed by atoms with Crippen LogP contribution < -0.4 is 10.2 Å². The number of nitrogens with zero attached hydrogens (tertiary/aromatic N) is 3. The number of aromatic nitrogens is 2.